The van der Waals surface area contributed by atoms with E-state index < -0.39 is 0 Å². The van der Waals surface area contributed by atoms with Crippen LogP contribution in [0, 0.1) is 0 Å². The van der Waals surface area contributed by atoms with Gasteiger partial charge in [-0.2, -0.15) is 0 Å². The van der Waals surface area contributed by atoms with Crippen LogP contribution in [0.1, 0.15) is 6.92 Å². The van der Waals surface area contributed by atoms with Gasteiger partial charge >= 0.3 is 0 Å². The molecule has 0 bridgehead atoms. The van der Waals surface area contributed by atoms with Crippen LogP contribution in [0.3, 0.4) is 0 Å². The van der Waals surface area contributed by atoms with E-state index in [-0.39, 0.29) is 18.0 Å². The van der Waals surface area contributed by atoms with Gasteiger partial charge in [-0.3, -0.25) is 4.79 Å². The van der Waals surface area contributed by atoms with Crippen LogP contribution in [-0.4, -0.2) is 31.2 Å². The summed E-state index contributed by atoms with van der Waals surface area (Å²) in [6, 6.07) is 0. The van der Waals surface area contributed by atoms with E-state index in [1.165, 1.54) is 6.08 Å². The Labute approximate surface area is 66.0 Å². The summed E-state index contributed by atoms with van der Waals surface area (Å²) in [6.07, 6.45) is 1.01. The van der Waals surface area contributed by atoms with E-state index in [1.807, 2.05) is 0 Å². The number of rotatable bonds is 4. The molecule has 0 aromatic rings. The molecule has 0 aliphatic carbocycles. The molecule has 3 heteroatoms. The zero-order valence-corrected chi connectivity index (χ0v) is 6.58. The number of ether oxygens (including phenoxy) is 2. The maximum atomic E-state index is 10.9. The third-order valence-electron chi connectivity index (χ3n) is 1.61. The molecule has 62 valence electrons. The molecule has 1 unspecified atom stereocenters. The fourth-order valence-corrected chi connectivity index (χ4v) is 0.814. The quantitative estimate of drug-likeness (QED) is 0.557. The lowest BCUT2D eigenvalue weighted by atomic mass is 10.2. The van der Waals surface area contributed by atoms with Crippen molar-refractivity contribution in [3.63, 3.8) is 0 Å². The van der Waals surface area contributed by atoms with Gasteiger partial charge in [-0.15, -0.1) is 0 Å². The number of carbonyl (C=O) groups is 1. The second kappa shape index (κ2) is 3.64. The SMILES string of the molecule is C=CC(=O)C(C)OC1COC1. The molecular formula is C8H12O3. The third-order valence-corrected chi connectivity index (χ3v) is 1.61. The molecule has 0 spiro atoms. The van der Waals surface area contributed by atoms with Crippen LogP contribution in [-0.2, 0) is 14.3 Å². The Morgan fingerprint density at radius 1 is 1.82 bits per heavy atom. The van der Waals surface area contributed by atoms with Crippen LogP contribution < -0.4 is 0 Å². The van der Waals surface area contributed by atoms with Crippen LogP contribution in [0.2, 0.25) is 0 Å². The van der Waals surface area contributed by atoms with Crippen molar-refractivity contribution in [2.75, 3.05) is 13.2 Å². The van der Waals surface area contributed by atoms with Crippen LogP contribution in [0.5, 0.6) is 0 Å². The Balaban J connectivity index is 2.23. The maximum Gasteiger partial charge on any atom is 0.183 e. The summed E-state index contributed by atoms with van der Waals surface area (Å²) in [4.78, 5) is 10.9. The van der Waals surface area contributed by atoms with Crippen molar-refractivity contribution in [3.8, 4) is 0 Å². The topological polar surface area (TPSA) is 35.5 Å². The van der Waals surface area contributed by atoms with Gasteiger partial charge in [0.2, 0.25) is 0 Å². The number of hydrogen-bond donors (Lipinski definition) is 0. The minimum Gasteiger partial charge on any atom is -0.376 e. The molecular weight excluding hydrogens is 144 g/mol. The predicted molar refractivity (Wildman–Crippen MR) is 40.4 cm³/mol. The molecule has 0 aromatic heterocycles. The van der Waals surface area contributed by atoms with Gasteiger partial charge in [-0.1, -0.05) is 6.58 Å². The van der Waals surface area contributed by atoms with Gasteiger partial charge in [-0.25, -0.2) is 0 Å². The van der Waals surface area contributed by atoms with Crippen LogP contribution >= 0.6 is 0 Å². The summed E-state index contributed by atoms with van der Waals surface area (Å²) < 4.78 is 10.2. The highest BCUT2D eigenvalue weighted by Crippen LogP contribution is 2.08. The van der Waals surface area contributed by atoms with Gasteiger partial charge in [0, 0.05) is 0 Å². The second-order valence-corrected chi connectivity index (χ2v) is 2.54. The molecule has 1 heterocycles. The standard InChI is InChI=1S/C8H12O3/c1-3-8(9)6(2)11-7-4-10-5-7/h3,6-7H,1,4-5H2,2H3. The van der Waals surface area contributed by atoms with Crippen LogP contribution in [0.15, 0.2) is 12.7 Å². The molecule has 0 amide bonds. The molecule has 11 heavy (non-hydrogen) atoms. The zero-order chi connectivity index (χ0) is 8.27. The monoisotopic (exact) mass is 156 g/mol. The van der Waals surface area contributed by atoms with Gasteiger partial charge in [-0.05, 0) is 13.0 Å². The summed E-state index contributed by atoms with van der Waals surface area (Å²) in [5, 5.41) is 0. The Morgan fingerprint density at radius 2 is 2.45 bits per heavy atom. The molecule has 1 aliphatic heterocycles. The minimum atomic E-state index is -0.374. The summed E-state index contributed by atoms with van der Waals surface area (Å²) in [7, 11) is 0. The molecule has 1 aliphatic rings. The second-order valence-electron chi connectivity index (χ2n) is 2.54. The average molecular weight is 156 g/mol. The molecule has 1 fully saturated rings. The highest BCUT2D eigenvalue weighted by atomic mass is 16.6. The van der Waals surface area contributed by atoms with Crippen molar-refractivity contribution in [1.82, 2.24) is 0 Å². The van der Waals surface area contributed by atoms with Gasteiger partial charge in [0.25, 0.3) is 0 Å². The van der Waals surface area contributed by atoms with Crippen molar-refractivity contribution in [2.24, 2.45) is 0 Å². The van der Waals surface area contributed by atoms with Crippen molar-refractivity contribution in [2.45, 2.75) is 19.1 Å². The van der Waals surface area contributed by atoms with Crippen LogP contribution in [0.25, 0.3) is 0 Å². The lowest BCUT2D eigenvalue weighted by Gasteiger charge is -2.28. The first-order valence-electron chi connectivity index (χ1n) is 3.63. The van der Waals surface area contributed by atoms with Gasteiger partial charge in [0.05, 0.1) is 13.2 Å². The van der Waals surface area contributed by atoms with E-state index in [0.29, 0.717) is 13.2 Å². The maximum absolute atomic E-state index is 10.9. The van der Waals surface area contributed by atoms with Crippen molar-refractivity contribution >= 4 is 5.78 Å². The molecule has 0 aromatic carbocycles. The highest BCUT2D eigenvalue weighted by Gasteiger charge is 2.23. The minimum absolute atomic E-state index is 0.0723. The van der Waals surface area contributed by atoms with E-state index >= 15 is 0 Å². The summed E-state index contributed by atoms with van der Waals surface area (Å²) in [5.41, 5.74) is 0. The Morgan fingerprint density at radius 3 is 2.82 bits per heavy atom. The zero-order valence-electron chi connectivity index (χ0n) is 6.58. The number of hydrogen-bond acceptors (Lipinski definition) is 3. The molecule has 1 atom stereocenters. The molecule has 0 radical (unpaired) electrons. The first kappa shape index (κ1) is 8.43. The smallest absolute Gasteiger partial charge is 0.183 e. The molecule has 0 saturated carbocycles. The normalized spacial score (nSPS) is 20.5. The average Bonchev–Trinajstić information content (AvgIpc) is 1.94. The van der Waals surface area contributed by atoms with Gasteiger partial charge < -0.3 is 9.47 Å². The van der Waals surface area contributed by atoms with Crippen molar-refractivity contribution in [1.29, 1.82) is 0 Å². The van der Waals surface area contributed by atoms with E-state index in [9.17, 15) is 4.79 Å². The first-order valence-corrected chi connectivity index (χ1v) is 3.63. The van der Waals surface area contributed by atoms with Crippen LogP contribution in [0.4, 0.5) is 0 Å². The Kier molecular flexibility index (Phi) is 2.79. The van der Waals surface area contributed by atoms with Gasteiger partial charge in [0.15, 0.2) is 5.78 Å². The molecule has 1 rings (SSSR count). The summed E-state index contributed by atoms with van der Waals surface area (Å²) in [5.74, 6) is -0.0723. The molecule has 1 saturated heterocycles. The molecule has 3 nitrogen and oxygen atoms in total. The van der Waals surface area contributed by atoms with Crippen molar-refractivity contribution < 1.29 is 14.3 Å². The lowest BCUT2D eigenvalue weighted by Crippen LogP contribution is -2.40. The van der Waals surface area contributed by atoms with E-state index in [0.717, 1.165) is 0 Å². The largest absolute Gasteiger partial charge is 0.376 e. The number of carbonyl (C=O) groups excluding carboxylic acids is 1. The van der Waals surface area contributed by atoms with E-state index in [2.05, 4.69) is 6.58 Å². The fourth-order valence-electron chi connectivity index (χ4n) is 0.814. The third kappa shape index (κ3) is 2.13. The number of ketones is 1. The fraction of sp³-hybridized carbons (Fsp3) is 0.625. The van der Waals surface area contributed by atoms with E-state index in [4.69, 9.17) is 9.47 Å². The molecule has 0 N–H and O–H groups in total. The Hall–Kier alpha value is -0.670. The van der Waals surface area contributed by atoms with E-state index in [1.54, 1.807) is 6.92 Å². The Bertz CT molecular complexity index is 161. The predicted octanol–water partition coefficient (Wildman–Crippen LogP) is 0.545. The summed E-state index contributed by atoms with van der Waals surface area (Å²) in [6.45, 7) is 6.31. The lowest BCUT2D eigenvalue weighted by molar-refractivity contribution is -0.160. The summed E-state index contributed by atoms with van der Waals surface area (Å²) >= 11 is 0. The first-order chi connectivity index (χ1) is 5.24. The van der Waals surface area contributed by atoms with Crippen molar-refractivity contribution in [3.05, 3.63) is 12.7 Å². The highest BCUT2D eigenvalue weighted by molar-refractivity contribution is 5.92. The van der Waals surface area contributed by atoms with Gasteiger partial charge in [0.1, 0.15) is 12.2 Å².